The standard InChI is InChI=1S/C7H8ClNOS/c1-4(10)7(9)5-2-3-6(8)11-5/h2-3,7H,9H2,1H3. The van der Waals surface area contributed by atoms with E-state index in [9.17, 15) is 4.79 Å². The largest absolute Gasteiger partial charge is 0.317 e. The van der Waals surface area contributed by atoms with Gasteiger partial charge in [0.1, 0.15) is 0 Å². The molecule has 1 aromatic heterocycles. The normalized spacial score (nSPS) is 13.0. The van der Waals surface area contributed by atoms with Gasteiger partial charge in [-0.15, -0.1) is 11.3 Å². The Kier molecular flexibility index (Phi) is 2.65. The fourth-order valence-electron chi connectivity index (χ4n) is 0.696. The van der Waals surface area contributed by atoms with Crippen molar-refractivity contribution < 1.29 is 4.79 Å². The highest BCUT2D eigenvalue weighted by Gasteiger charge is 2.12. The molecule has 0 aliphatic rings. The van der Waals surface area contributed by atoms with Gasteiger partial charge in [-0.05, 0) is 19.1 Å². The molecule has 1 atom stereocenters. The predicted molar refractivity (Wildman–Crippen MR) is 46.9 cm³/mol. The van der Waals surface area contributed by atoms with Crippen molar-refractivity contribution in [1.29, 1.82) is 0 Å². The number of carbonyl (C=O) groups excluding carboxylic acids is 1. The maximum atomic E-state index is 10.8. The second-order valence-electron chi connectivity index (χ2n) is 2.23. The first kappa shape index (κ1) is 8.71. The van der Waals surface area contributed by atoms with Gasteiger partial charge < -0.3 is 5.73 Å². The highest BCUT2D eigenvalue weighted by molar-refractivity contribution is 7.16. The molecule has 1 unspecified atom stereocenters. The van der Waals surface area contributed by atoms with Crippen molar-refractivity contribution in [2.45, 2.75) is 13.0 Å². The van der Waals surface area contributed by atoms with E-state index < -0.39 is 6.04 Å². The van der Waals surface area contributed by atoms with E-state index in [1.165, 1.54) is 18.3 Å². The third-order valence-corrected chi connectivity index (χ3v) is 2.65. The Balaban J connectivity index is 2.84. The van der Waals surface area contributed by atoms with Crippen LogP contribution < -0.4 is 5.73 Å². The SMILES string of the molecule is CC(=O)C(N)c1ccc(Cl)s1. The summed E-state index contributed by atoms with van der Waals surface area (Å²) in [6.07, 6.45) is 0. The number of thiophene rings is 1. The Morgan fingerprint density at radius 3 is 2.73 bits per heavy atom. The first-order chi connectivity index (χ1) is 5.11. The van der Waals surface area contributed by atoms with E-state index in [1.54, 1.807) is 12.1 Å². The number of hydrogen-bond acceptors (Lipinski definition) is 3. The van der Waals surface area contributed by atoms with Crippen LogP contribution in [0.1, 0.15) is 17.8 Å². The fourth-order valence-corrected chi connectivity index (χ4v) is 1.82. The van der Waals surface area contributed by atoms with Crippen molar-refractivity contribution in [3.8, 4) is 0 Å². The molecule has 1 rings (SSSR count). The van der Waals surface area contributed by atoms with Gasteiger partial charge in [-0.1, -0.05) is 11.6 Å². The van der Waals surface area contributed by atoms with Crippen molar-refractivity contribution >= 4 is 28.7 Å². The summed E-state index contributed by atoms with van der Waals surface area (Å²) in [6, 6.07) is 3.01. The highest BCUT2D eigenvalue weighted by atomic mass is 35.5. The van der Waals surface area contributed by atoms with Gasteiger partial charge in [0.15, 0.2) is 5.78 Å². The number of rotatable bonds is 2. The van der Waals surface area contributed by atoms with Crippen molar-refractivity contribution in [2.24, 2.45) is 5.73 Å². The Morgan fingerprint density at radius 2 is 2.36 bits per heavy atom. The first-order valence-corrected chi connectivity index (χ1v) is 4.32. The number of halogens is 1. The molecule has 0 aliphatic carbocycles. The van der Waals surface area contributed by atoms with Crippen molar-refractivity contribution in [2.75, 3.05) is 0 Å². The second kappa shape index (κ2) is 3.34. The molecule has 60 valence electrons. The van der Waals surface area contributed by atoms with Gasteiger partial charge in [0, 0.05) is 4.88 Å². The maximum absolute atomic E-state index is 10.8. The second-order valence-corrected chi connectivity index (χ2v) is 3.98. The van der Waals surface area contributed by atoms with Gasteiger partial charge in [0.2, 0.25) is 0 Å². The molecule has 2 N–H and O–H groups in total. The molecule has 0 amide bonds. The van der Waals surface area contributed by atoms with Crippen LogP contribution in [0.2, 0.25) is 4.34 Å². The zero-order chi connectivity index (χ0) is 8.43. The summed E-state index contributed by atoms with van der Waals surface area (Å²) in [5, 5.41) is 0. The monoisotopic (exact) mass is 189 g/mol. The Labute approximate surface area is 74.0 Å². The summed E-state index contributed by atoms with van der Waals surface area (Å²) < 4.78 is 0.664. The summed E-state index contributed by atoms with van der Waals surface area (Å²) >= 11 is 7.00. The molecule has 0 radical (unpaired) electrons. The Bertz CT molecular complexity index is 271. The topological polar surface area (TPSA) is 43.1 Å². The zero-order valence-corrected chi connectivity index (χ0v) is 7.58. The van der Waals surface area contributed by atoms with E-state index in [-0.39, 0.29) is 5.78 Å². The number of ketones is 1. The molecule has 0 spiro atoms. The molecule has 1 heterocycles. The number of Topliss-reactive ketones (excluding diaryl/α,β-unsaturated/α-hetero) is 1. The van der Waals surface area contributed by atoms with Crippen LogP contribution in [-0.2, 0) is 4.79 Å². The smallest absolute Gasteiger partial charge is 0.151 e. The average Bonchev–Trinajstić information content (AvgIpc) is 2.34. The molecule has 4 heteroatoms. The lowest BCUT2D eigenvalue weighted by Gasteiger charge is -2.02. The van der Waals surface area contributed by atoms with Gasteiger partial charge >= 0.3 is 0 Å². The third kappa shape index (κ3) is 2.02. The number of carbonyl (C=O) groups is 1. The fraction of sp³-hybridized carbons (Fsp3) is 0.286. The summed E-state index contributed by atoms with van der Waals surface area (Å²) in [6.45, 7) is 1.47. The summed E-state index contributed by atoms with van der Waals surface area (Å²) in [7, 11) is 0. The van der Waals surface area contributed by atoms with E-state index in [4.69, 9.17) is 17.3 Å². The zero-order valence-electron chi connectivity index (χ0n) is 6.00. The van der Waals surface area contributed by atoms with E-state index >= 15 is 0 Å². The molecular weight excluding hydrogens is 182 g/mol. The van der Waals surface area contributed by atoms with Crippen LogP contribution in [0, 0.1) is 0 Å². The van der Waals surface area contributed by atoms with Gasteiger partial charge in [-0.25, -0.2) is 0 Å². The highest BCUT2D eigenvalue weighted by Crippen LogP contribution is 2.25. The molecule has 0 saturated heterocycles. The van der Waals surface area contributed by atoms with Crippen molar-refractivity contribution in [1.82, 2.24) is 0 Å². The molecular formula is C7H8ClNOS. The Morgan fingerprint density at radius 1 is 1.73 bits per heavy atom. The third-order valence-electron chi connectivity index (χ3n) is 1.34. The van der Waals surface area contributed by atoms with E-state index in [0.29, 0.717) is 4.34 Å². The van der Waals surface area contributed by atoms with Gasteiger partial charge in [0.25, 0.3) is 0 Å². The molecule has 1 aromatic rings. The molecule has 0 aliphatic heterocycles. The lowest BCUT2D eigenvalue weighted by Crippen LogP contribution is -2.16. The Hall–Kier alpha value is -0.380. The quantitative estimate of drug-likeness (QED) is 0.773. The molecule has 0 aromatic carbocycles. The minimum atomic E-state index is -0.507. The van der Waals surface area contributed by atoms with E-state index in [2.05, 4.69) is 0 Å². The van der Waals surface area contributed by atoms with E-state index in [0.717, 1.165) is 4.88 Å². The molecule has 0 fully saturated rings. The summed E-state index contributed by atoms with van der Waals surface area (Å²) in [4.78, 5) is 11.6. The van der Waals surface area contributed by atoms with Gasteiger partial charge in [0.05, 0.1) is 10.4 Å². The minimum Gasteiger partial charge on any atom is -0.317 e. The first-order valence-electron chi connectivity index (χ1n) is 3.12. The van der Waals surface area contributed by atoms with Crippen LogP contribution >= 0.6 is 22.9 Å². The predicted octanol–water partition coefficient (Wildman–Crippen LogP) is 1.99. The van der Waals surface area contributed by atoms with Crippen LogP contribution in [0.25, 0.3) is 0 Å². The number of hydrogen-bond donors (Lipinski definition) is 1. The van der Waals surface area contributed by atoms with E-state index in [1.807, 2.05) is 0 Å². The minimum absolute atomic E-state index is 0.0384. The molecule has 0 bridgehead atoms. The van der Waals surface area contributed by atoms with Gasteiger partial charge in [-0.2, -0.15) is 0 Å². The van der Waals surface area contributed by atoms with Crippen LogP contribution in [-0.4, -0.2) is 5.78 Å². The number of nitrogens with two attached hydrogens (primary N) is 1. The molecule has 0 saturated carbocycles. The van der Waals surface area contributed by atoms with Gasteiger partial charge in [-0.3, -0.25) is 4.79 Å². The summed E-state index contributed by atoms with van der Waals surface area (Å²) in [5.74, 6) is -0.0384. The van der Waals surface area contributed by atoms with Crippen LogP contribution in [0.4, 0.5) is 0 Å². The maximum Gasteiger partial charge on any atom is 0.151 e. The average molecular weight is 190 g/mol. The lowest BCUT2D eigenvalue weighted by atomic mass is 10.2. The van der Waals surface area contributed by atoms with Crippen LogP contribution in [0.3, 0.4) is 0 Å². The van der Waals surface area contributed by atoms with Crippen molar-refractivity contribution in [3.63, 3.8) is 0 Å². The van der Waals surface area contributed by atoms with Crippen molar-refractivity contribution in [3.05, 3.63) is 21.3 Å². The molecule has 11 heavy (non-hydrogen) atoms. The van der Waals surface area contributed by atoms with Crippen LogP contribution in [0.15, 0.2) is 12.1 Å². The summed E-state index contributed by atoms with van der Waals surface area (Å²) in [5.41, 5.74) is 5.55. The molecule has 2 nitrogen and oxygen atoms in total. The van der Waals surface area contributed by atoms with Crippen LogP contribution in [0.5, 0.6) is 0 Å². The lowest BCUT2D eigenvalue weighted by molar-refractivity contribution is -0.118.